The smallest absolute Gasteiger partial charge is 0.726 e. The Balaban J connectivity index is 0.00000225. The average molecular weight is 256 g/mol. The van der Waals surface area contributed by atoms with Gasteiger partial charge in [-0.1, -0.05) is 6.07 Å². The molecule has 8 heteroatoms. The van der Waals surface area contributed by atoms with Crippen molar-refractivity contribution in [2.45, 2.75) is 6.42 Å². The van der Waals surface area contributed by atoms with Crippen molar-refractivity contribution in [3.05, 3.63) is 23.8 Å². The van der Waals surface area contributed by atoms with E-state index in [4.69, 9.17) is 10.2 Å². The molecule has 2 N–H and O–H groups in total. The molecular formula is C8H9NaO6S. The Labute approximate surface area is 115 Å². The minimum Gasteiger partial charge on any atom is -0.726 e. The zero-order chi connectivity index (χ0) is 11.5. The van der Waals surface area contributed by atoms with Crippen LogP contribution in [0.1, 0.15) is 5.56 Å². The second kappa shape index (κ2) is 6.43. The van der Waals surface area contributed by atoms with Gasteiger partial charge in [-0.2, -0.15) is 0 Å². The van der Waals surface area contributed by atoms with E-state index in [-0.39, 0.29) is 54.1 Å². The van der Waals surface area contributed by atoms with Gasteiger partial charge in [0.2, 0.25) is 10.4 Å². The number of benzene rings is 1. The van der Waals surface area contributed by atoms with Gasteiger partial charge in [0, 0.05) is 0 Å². The maximum absolute atomic E-state index is 10.1. The molecule has 0 aliphatic carbocycles. The molecule has 0 amide bonds. The summed E-state index contributed by atoms with van der Waals surface area (Å²) in [6, 6.07) is 4.00. The van der Waals surface area contributed by atoms with E-state index in [0.29, 0.717) is 5.56 Å². The SMILES string of the molecule is O=S(=O)([O-])OCCc1ccc(O)c(O)c1.[Na+]. The first-order valence-electron chi connectivity index (χ1n) is 3.99. The van der Waals surface area contributed by atoms with Gasteiger partial charge in [0.25, 0.3) is 0 Å². The van der Waals surface area contributed by atoms with Gasteiger partial charge in [0.1, 0.15) is 0 Å². The topological polar surface area (TPSA) is 107 Å². The number of hydrogen-bond acceptors (Lipinski definition) is 6. The quantitative estimate of drug-likeness (QED) is 0.259. The van der Waals surface area contributed by atoms with Gasteiger partial charge >= 0.3 is 29.6 Å². The Bertz CT molecular complexity index is 444. The Morgan fingerprint density at radius 2 is 1.88 bits per heavy atom. The van der Waals surface area contributed by atoms with Gasteiger partial charge in [0.05, 0.1) is 6.61 Å². The predicted molar refractivity (Wildman–Crippen MR) is 49.1 cm³/mol. The van der Waals surface area contributed by atoms with Gasteiger partial charge in [-0.3, -0.25) is 4.18 Å². The van der Waals surface area contributed by atoms with Crippen LogP contribution in [0.4, 0.5) is 0 Å². The van der Waals surface area contributed by atoms with Crippen LogP contribution in [0.25, 0.3) is 0 Å². The molecule has 1 aromatic rings. The van der Waals surface area contributed by atoms with E-state index in [2.05, 4.69) is 4.18 Å². The molecule has 0 saturated carbocycles. The fraction of sp³-hybridized carbons (Fsp3) is 0.250. The fourth-order valence-corrected chi connectivity index (χ4v) is 1.27. The molecule has 1 rings (SSSR count). The molecular weight excluding hydrogens is 247 g/mol. The third-order valence-electron chi connectivity index (χ3n) is 1.66. The van der Waals surface area contributed by atoms with Crippen LogP contribution in [0.3, 0.4) is 0 Å². The summed E-state index contributed by atoms with van der Waals surface area (Å²) >= 11 is 0. The monoisotopic (exact) mass is 256 g/mol. The predicted octanol–water partition coefficient (Wildman–Crippen LogP) is -2.88. The van der Waals surface area contributed by atoms with Crippen LogP contribution >= 0.6 is 0 Å². The first kappa shape index (κ1) is 15.7. The van der Waals surface area contributed by atoms with Gasteiger partial charge in [-0.05, 0) is 24.1 Å². The van der Waals surface area contributed by atoms with E-state index in [1.165, 1.54) is 18.2 Å². The van der Waals surface area contributed by atoms with E-state index < -0.39 is 10.4 Å². The van der Waals surface area contributed by atoms with E-state index in [0.717, 1.165) is 0 Å². The van der Waals surface area contributed by atoms with Crippen molar-refractivity contribution in [2.24, 2.45) is 0 Å². The van der Waals surface area contributed by atoms with E-state index in [1.807, 2.05) is 0 Å². The second-order valence-corrected chi connectivity index (χ2v) is 3.86. The fourth-order valence-electron chi connectivity index (χ4n) is 0.986. The Morgan fingerprint density at radius 1 is 1.25 bits per heavy atom. The van der Waals surface area contributed by atoms with Crippen molar-refractivity contribution in [2.75, 3.05) is 6.61 Å². The van der Waals surface area contributed by atoms with Crippen LogP contribution in [-0.4, -0.2) is 29.8 Å². The number of rotatable bonds is 4. The molecule has 0 bridgehead atoms. The first-order valence-corrected chi connectivity index (χ1v) is 5.33. The summed E-state index contributed by atoms with van der Waals surface area (Å²) in [7, 11) is -4.67. The van der Waals surface area contributed by atoms with Crippen molar-refractivity contribution in [3.8, 4) is 11.5 Å². The molecule has 0 radical (unpaired) electrons. The summed E-state index contributed by atoms with van der Waals surface area (Å²) in [6.07, 6.45) is 0.148. The summed E-state index contributed by atoms with van der Waals surface area (Å²) in [5.74, 6) is -0.575. The third kappa shape index (κ3) is 5.69. The van der Waals surface area contributed by atoms with Crippen LogP contribution in [0.2, 0.25) is 0 Å². The first-order chi connectivity index (χ1) is 6.88. The second-order valence-electron chi connectivity index (χ2n) is 2.80. The molecule has 0 fully saturated rings. The van der Waals surface area contributed by atoms with Gasteiger partial charge in [-0.25, -0.2) is 8.42 Å². The van der Waals surface area contributed by atoms with E-state index in [9.17, 15) is 13.0 Å². The van der Waals surface area contributed by atoms with Crippen molar-refractivity contribution < 1.29 is 56.9 Å². The average Bonchev–Trinajstić information content (AvgIpc) is 2.09. The number of hydrogen-bond donors (Lipinski definition) is 2. The molecule has 0 saturated heterocycles. The van der Waals surface area contributed by atoms with Crippen molar-refractivity contribution in [1.82, 2.24) is 0 Å². The zero-order valence-electron chi connectivity index (χ0n) is 8.58. The molecule has 0 aliphatic heterocycles. The maximum Gasteiger partial charge on any atom is 1.00 e. The molecule has 16 heavy (non-hydrogen) atoms. The molecule has 0 heterocycles. The molecule has 84 valence electrons. The minimum absolute atomic E-state index is 0. The van der Waals surface area contributed by atoms with Crippen molar-refractivity contribution in [1.29, 1.82) is 0 Å². The van der Waals surface area contributed by atoms with Gasteiger partial charge < -0.3 is 14.8 Å². The molecule has 0 aliphatic rings. The van der Waals surface area contributed by atoms with Crippen molar-refractivity contribution in [3.63, 3.8) is 0 Å². The van der Waals surface area contributed by atoms with Crippen molar-refractivity contribution >= 4 is 10.4 Å². The summed E-state index contributed by atoms with van der Waals surface area (Å²) < 4.78 is 34.2. The van der Waals surface area contributed by atoms with Gasteiger partial charge in [0.15, 0.2) is 11.5 Å². The molecule has 1 aromatic carbocycles. The largest absolute Gasteiger partial charge is 1.00 e. The van der Waals surface area contributed by atoms with Crippen LogP contribution < -0.4 is 29.6 Å². The molecule has 0 aromatic heterocycles. The summed E-state index contributed by atoms with van der Waals surface area (Å²) in [4.78, 5) is 0. The van der Waals surface area contributed by atoms with Gasteiger partial charge in [-0.15, -0.1) is 0 Å². The minimum atomic E-state index is -4.67. The van der Waals surface area contributed by atoms with Crippen LogP contribution in [0, 0.1) is 0 Å². The summed E-state index contributed by atoms with van der Waals surface area (Å²) in [5, 5.41) is 18.1. The molecule has 6 nitrogen and oxygen atoms in total. The van der Waals surface area contributed by atoms with Crippen LogP contribution in [0.15, 0.2) is 18.2 Å². The molecule has 0 spiro atoms. The van der Waals surface area contributed by atoms with Crippen LogP contribution in [-0.2, 0) is 21.0 Å². The standard InChI is InChI=1S/C8H10O6S.Na/c9-7-2-1-6(5-8(7)10)3-4-14-15(11,12)13;/h1-2,5,9-10H,3-4H2,(H,11,12,13);/q;+1/p-1. The molecule has 0 atom stereocenters. The number of phenols is 2. The molecule has 0 unspecified atom stereocenters. The Morgan fingerprint density at radius 3 is 2.38 bits per heavy atom. The number of aromatic hydroxyl groups is 2. The third-order valence-corrected chi connectivity index (χ3v) is 2.11. The maximum atomic E-state index is 10.1. The Kier molecular flexibility index (Phi) is 6.31. The zero-order valence-corrected chi connectivity index (χ0v) is 11.4. The van der Waals surface area contributed by atoms with E-state index >= 15 is 0 Å². The summed E-state index contributed by atoms with van der Waals surface area (Å²) in [5.41, 5.74) is 0.550. The van der Waals surface area contributed by atoms with E-state index in [1.54, 1.807) is 0 Å². The van der Waals surface area contributed by atoms with Crippen LogP contribution in [0.5, 0.6) is 11.5 Å². The Hall–Kier alpha value is -0.310. The summed E-state index contributed by atoms with van der Waals surface area (Å²) in [6.45, 7) is -0.296. The normalized spacial score (nSPS) is 10.8. The number of phenolic OH excluding ortho intramolecular Hbond substituents is 2.